The zero-order chi connectivity index (χ0) is 13.6. The van der Waals surface area contributed by atoms with Crippen LogP contribution in [0.15, 0.2) is 29.2 Å². The number of sulfone groups is 1. The lowest BCUT2D eigenvalue weighted by Gasteiger charge is -2.15. The fourth-order valence-electron chi connectivity index (χ4n) is 1.39. The van der Waals surface area contributed by atoms with Crippen molar-refractivity contribution in [1.82, 2.24) is 5.32 Å². The van der Waals surface area contributed by atoms with Gasteiger partial charge in [-0.1, -0.05) is 0 Å². The van der Waals surface area contributed by atoms with E-state index in [0.717, 1.165) is 10.6 Å². The molecule has 1 aromatic rings. The maximum Gasteiger partial charge on any atom is 0.147 e. The molecule has 0 aliphatic carbocycles. The molecular formula is C12H18FNO2S2. The summed E-state index contributed by atoms with van der Waals surface area (Å²) in [5.74, 6) is 0.696. The number of rotatable bonds is 7. The molecule has 1 atom stereocenters. The van der Waals surface area contributed by atoms with Gasteiger partial charge in [0.05, 0.1) is 5.75 Å². The minimum atomic E-state index is -2.92. The highest BCUT2D eigenvalue weighted by Crippen LogP contribution is 2.19. The number of nitrogens with one attached hydrogen (secondary N) is 1. The van der Waals surface area contributed by atoms with E-state index in [4.69, 9.17) is 0 Å². The van der Waals surface area contributed by atoms with E-state index in [-0.39, 0.29) is 17.6 Å². The first-order valence-corrected chi connectivity index (χ1v) is 8.68. The summed E-state index contributed by atoms with van der Waals surface area (Å²) in [6, 6.07) is 6.43. The highest BCUT2D eigenvalue weighted by atomic mass is 32.2. The van der Waals surface area contributed by atoms with Crippen molar-refractivity contribution in [2.75, 3.05) is 24.8 Å². The smallest absolute Gasteiger partial charge is 0.147 e. The molecule has 3 nitrogen and oxygen atoms in total. The van der Waals surface area contributed by atoms with Gasteiger partial charge in [-0.05, 0) is 37.7 Å². The summed E-state index contributed by atoms with van der Waals surface area (Å²) in [4.78, 5) is 0.982. The molecule has 0 amide bonds. The summed E-state index contributed by atoms with van der Waals surface area (Å²) in [5, 5.41) is 3.10. The van der Waals surface area contributed by atoms with Gasteiger partial charge in [-0.2, -0.15) is 0 Å². The van der Waals surface area contributed by atoms with Crippen LogP contribution in [-0.2, 0) is 9.84 Å². The van der Waals surface area contributed by atoms with E-state index < -0.39 is 9.84 Å². The SMILES string of the molecule is CNC(CCS(C)(=O)=O)CSc1ccc(F)cc1. The van der Waals surface area contributed by atoms with Gasteiger partial charge in [-0.15, -0.1) is 11.8 Å². The normalized spacial score (nSPS) is 13.5. The van der Waals surface area contributed by atoms with Gasteiger partial charge < -0.3 is 5.32 Å². The number of halogens is 1. The van der Waals surface area contributed by atoms with Crippen molar-refractivity contribution in [1.29, 1.82) is 0 Å². The van der Waals surface area contributed by atoms with E-state index in [1.165, 1.54) is 18.4 Å². The number of benzene rings is 1. The Morgan fingerprint density at radius 2 is 1.94 bits per heavy atom. The third kappa shape index (κ3) is 6.37. The predicted octanol–water partition coefficient (Wildman–Crippen LogP) is 1.94. The first-order chi connectivity index (χ1) is 8.40. The van der Waals surface area contributed by atoms with Gasteiger partial charge in [0.15, 0.2) is 0 Å². The molecule has 18 heavy (non-hydrogen) atoms. The minimum Gasteiger partial charge on any atom is -0.316 e. The quantitative estimate of drug-likeness (QED) is 0.780. The molecule has 0 aliphatic rings. The van der Waals surface area contributed by atoms with Crippen LogP contribution < -0.4 is 5.32 Å². The van der Waals surface area contributed by atoms with Crippen molar-refractivity contribution in [3.05, 3.63) is 30.1 Å². The standard InChI is InChI=1S/C12H18FNO2S2/c1-14-11(7-8-18(2,15)16)9-17-12-5-3-10(13)4-6-12/h3-6,11,14H,7-9H2,1-2H3. The Morgan fingerprint density at radius 3 is 2.44 bits per heavy atom. The molecule has 1 aromatic carbocycles. The molecule has 0 radical (unpaired) electrons. The van der Waals surface area contributed by atoms with Crippen LogP contribution in [0, 0.1) is 5.82 Å². The molecule has 0 saturated carbocycles. The lowest BCUT2D eigenvalue weighted by Crippen LogP contribution is -2.30. The maximum absolute atomic E-state index is 12.7. The van der Waals surface area contributed by atoms with Gasteiger partial charge in [-0.25, -0.2) is 12.8 Å². The van der Waals surface area contributed by atoms with Crippen molar-refractivity contribution < 1.29 is 12.8 Å². The molecule has 6 heteroatoms. The summed E-state index contributed by atoms with van der Waals surface area (Å²) in [7, 11) is -1.10. The van der Waals surface area contributed by atoms with Crippen LogP contribution in [0.3, 0.4) is 0 Å². The Kier molecular flexibility index (Phi) is 6.11. The number of thioether (sulfide) groups is 1. The van der Waals surface area contributed by atoms with Gasteiger partial charge in [-0.3, -0.25) is 0 Å². The first-order valence-electron chi connectivity index (χ1n) is 5.64. The Bertz CT molecular complexity index is 459. The van der Waals surface area contributed by atoms with Crippen LogP contribution in [0.1, 0.15) is 6.42 Å². The molecule has 1 unspecified atom stereocenters. The summed E-state index contributed by atoms with van der Waals surface area (Å²) in [6.07, 6.45) is 1.83. The van der Waals surface area contributed by atoms with Crippen LogP contribution in [-0.4, -0.2) is 39.3 Å². The first kappa shape index (κ1) is 15.5. The van der Waals surface area contributed by atoms with Crippen molar-refractivity contribution in [2.24, 2.45) is 0 Å². The zero-order valence-corrected chi connectivity index (χ0v) is 12.2. The monoisotopic (exact) mass is 291 g/mol. The topological polar surface area (TPSA) is 46.2 Å². The fourth-order valence-corrected chi connectivity index (χ4v) is 3.16. The zero-order valence-electron chi connectivity index (χ0n) is 10.5. The third-order valence-corrected chi connectivity index (χ3v) is 4.66. The van der Waals surface area contributed by atoms with Gasteiger partial charge in [0.25, 0.3) is 0 Å². The summed E-state index contributed by atoms with van der Waals surface area (Å²) in [5.41, 5.74) is 0. The van der Waals surface area contributed by atoms with E-state index in [0.29, 0.717) is 6.42 Å². The van der Waals surface area contributed by atoms with E-state index in [1.54, 1.807) is 23.9 Å². The molecule has 0 aromatic heterocycles. The molecule has 0 bridgehead atoms. The molecule has 1 rings (SSSR count). The summed E-state index contributed by atoms with van der Waals surface area (Å²) >= 11 is 1.59. The molecule has 1 N–H and O–H groups in total. The van der Waals surface area contributed by atoms with Gasteiger partial charge in [0.2, 0.25) is 0 Å². The van der Waals surface area contributed by atoms with Gasteiger partial charge in [0.1, 0.15) is 15.7 Å². The van der Waals surface area contributed by atoms with Crippen LogP contribution in [0.2, 0.25) is 0 Å². The molecule has 102 valence electrons. The Hall–Kier alpha value is -0.590. The van der Waals surface area contributed by atoms with Crippen LogP contribution in [0.4, 0.5) is 4.39 Å². The number of hydrogen-bond acceptors (Lipinski definition) is 4. The van der Waals surface area contributed by atoms with E-state index in [2.05, 4.69) is 5.32 Å². The summed E-state index contributed by atoms with van der Waals surface area (Å²) in [6.45, 7) is 0. The molecule has 0 aliphatic heterocycles. The number of hydrogen-bond donors (Lipinski definition) is 1. The van der Waals surface area contributed by atoms with Gasteiger partial charge in [0, 0.05) is 22.9 Å². The van der Waals surface area contributed by atoms with Crippen LogP contribution >= 0.6 is 11.8 Å². The van der Waals surface area contributed by atoms with Crippen LogP contribution in [0.25, 0.3) is 0 Å². The Balaban J connectivity index is 2.42. The average molecular weight is 291 g/mol. The van der Waals surface area contributed by atoms with E-state index in [9.17, 15) is 12.8 Å². The predicted molar refractivity (Wildman–Crippen MR) is 74.3 cm³/mol. The van der Waals surface area contributed by atoms with Crippen molar-refractivity contribution in [2.45, 2.75) is 17.4 Å². The molecule has 0 saturated heterocycles. The lowest BCUT2D eigenvalue weighted by molar-refractivity contribution is 0.573. The average Bonchev–Trinajstić information content (AvgIpc) is 2.30. The second-order valence-corrected chi connectivity index (χ2v) is 7.52. The Morgan fingerprint density at radius 1 is 1.33 bits per heavy atom. The molecule has 0 spiro atoms. The fraction of sp³-hybridized carbons (Fsp3) is 0.500. The minimum absolute atomic E-state index is 0.134. The van der Waals surface area contributed by atoms with E-state index in [1.807, 2.05) is 7.05 Å². The largest absolute Gasteiger partial charge is 0.316 e. The molecular weight excluding hydrogens is 273 g/mol. The van der Waals surface area contributed by atoms with Gasteiger partial charge >= 0.3 is 0 Å². The van der Waals surface area contributed by atoms with Crippen molar-refractivity contribution in [3.63, 3.8) is 0 Å². The van der Waals surface area contributed by atoms with E-state index >= 15 is 0 Å². The van der Waals surface area contributed by atoms with Crippen molar-refractivity contribution >= 4 is 21.6 Å². The Labute approximate surface area is 112 Å². The molecule has 0 fully saturated rings. The summed E-state index contributed by atoms with van der Waals surface area (Å²) < 4.78 is 34.9. The second-order valence-electron chi connectivity index (χ2n) is 4.17. The molecule has 0 heterocycles. The van der Waals surface area contributed by atoms with Crippen LogP contribution in [0.5, 0.6) is 0 Å². The highest BCUT2D eigenvalue weighted by Gasteiger charge is 2.11. The third-order valence-electron chi connectivity index (χ3n) is 2.51. The second kappa shape index (κ2) is 7.11. The maximum atomic E-state index is 12.7. The highest BCUT2D eigenvalue weighted by molar-refractivity contribution is 7.99. The van der Waals surface area contributed by atoms with Crippen molar-refractivity contribution in [3.8, 4) is 0 Å². The lowest BCUT2D eigenvalue weighted by atomic mass is 10.3.